The van der Waals surface area contributed by atoms with E-state index in [9.17, 15) is 9.90 Å². The van der Waals surface area contributed by atoms with Crippen LogP contribution in [0.3, 0.4) is 0 Å². The molecular formula is C22H35N3O3. The van der Waals surface area contributed by atoms with Crippen molar-refractivity contribution in [2.75, 3.05) is 32.8 Å². The molecule has 1 N–H and O–H groups in total. The molecule has 156 valence electrons. The lowest BCUT2D eigenvalue weighted by Crippen LogP contribution is -2.37. The summed E-state index contributed by atoms with van der Waals surface area (Å²) >= 11 is 0. The lowest BCUT2D eigenvalue weighted by molar-refractivity contribution is 0.0331. The van der Waals surface area contributed by atoms with Crippen molar-refractivity contribution in [3.63, 3.8) is 0 Å². The van der Waals surface area contributed by atoms with Crippen molar-refractivity contribution >= 4 is 0 Å². The Morgan fingerprint density at radius 3 is 2.61 bits per heavy atom. The number of aromatic hydroxyl groups is 1. The average molecular weight is 390 g/mol. The molecule has 1 saturated carbocycles. The fraction of sp³-hybridized carbons (Fsp3) is 0.773. The van der Waals surface area contributed by atoms with Crippen LogP contribution in [0.4, 0.5) is 0 Å². The first kappa shape index (κ1) is 19.9. The maximum Gasteiger partial charge on any atom is 0.223 e. The van der Waals surface area contributed by atoms with Gasteiger partial charge in [-0.1, -0.05) is 20.8 Å². The SMILES string of the molecule is Cn1c(CN2CCOCC2)cc(=O)c(O)c1CN1CC2(C)CC1CC(C)(C)C2. The standard InChI is InChI=1S/C22H35N3O3/c1-21(2)10-17-11-22(3,14-21)15-25(17)13-18-20(27)19(26)9-16(23(18)4)12-24-5-7-28-8-6-24/h9,17,27H,5-8,10-15H2,1-4H3. The average Bonchev–Trinajstić information content (AvgIpc) is 2.85. The Hall–Kier alpha value is -1.37. The number of likely N-dealkylation sites (tertiary alicyclic amines) is 1. The minimum absolute atomic E-state index is 0.0842. The highest BCUT2D eigenvalue weighted by atomic mass is 16.5. The summed E-state index contributed by atoms with van der Waals surface area (Å²) in [4.78, 5) is 17.3. The van der Waals surface area contributed by atoms with E-state index in [1.54, 1.807) is 6.07 Å². The van der Waals surface area contributed by atoms with Gasteiger partial charge in [-0.25, -0.2) is 0 Å². The van der Waals surface area contributed by atoms with E-state index in [2.05, 4.69) is 30.6 Å². The van der Waals surface area contributed by atoms with Crippen LogP contribution in [0, 0.1) is 10.8 Å². The number of rotatable bonds is 4. The number of nitrogens with zero attached hydrogens (tertiary/aromatic N) is 3. The molecule has 2 unspecified atom stereocenters. The van der Waals surface area contributed by atoms with Crippen molar-refractivity contribution in [2.45, 2.75) is 59.2 Å². The number of ether oxygens (including phenoxy) is 1. The van der Waals surface area contributed by atoms with Gasteiger partial charge in [0.1, 0.15) is 0 Å². The maximum absolute atomic E-state index is 12.5. The van der Waals surface area contributed by atoms with E-state index in [0.717, 1.165) is 50.8 Å². The molecule has 3 aliphatic rings. The molecule has 0 amide bonds. The Labute approximate surface area is 168 Å². The highest BCUT2D eigenvalue weighted by molar-refractivity contribution is 5.30. The highest BCUT2D eigenvalue weighted by Crippen LogP contribution is 2.52. The molecule has 0 spiro atoms. The van der Waals surface area contributed by atoms with Gasteiger partial charge in [-0.3, -0.25) is 14.6 Å². The molecule has 0 aromatic carbocycles. The number of aromatic nitrogens is 1. The Morgan fingerprint density at radius 2 is 1.89 bits per heavy atom. The molecule has 2 bridgehead atoms. The van der Waals surface area contributed by atoms with Gasteiger partial charge in [-0.05, 0) is 30.1 Å². The molecule has 0 radical (unpaired) electrons. The Balaban J connectivity index is 1.58. The molecule has 1 aromatic rings. The zero-order valence-electron chi connectivity index (χ0n) is 17.8. The highest BCUT2D eigenvalue weighted by Gasteiger charge is 2.49. The summed E-state index contributed by atoms with van der Waals surface area (Å²) in [5.74, 6) is -0.0842. The van der Waals surface area contributed by atoms with Crippen molar-refractivity contribution < 1.29 is 9.84 Å². The van der Waals surface area contributed by atoms with E-state index in [1.807, 2.05) is 11.6 Å². The minimum atomic E-state index is -0.259. The zero-order valence-corrected chi connectivity index (χ0v) is 17.8. The summed E-state index contributed by atoms with van der Waals surface area (Å²) in [7, 11) is 1.98. The number of pyridine rings is 1. The molecular weight excluding hydrogens is 354 g/mol. The molecule has 3 fully saturated rings. The topological polar surface area (TPSA) is 57.9 Å². The van der Waals surface area contributed by atoms with Crippen molar-refractivity contribution in [1.82, 2.24) is 14.4 Å². The summed E-state index contributed by atoms with van der Waals surface area (Å²) in [6.45, 7) is 12.8. The third-order valence-corrected chi connectivity index (χ3v) is 7.01. The van der Waals surface area contributed by atoms with Gasteiger partial charge in [0.15, 0.2) is 5.75 Å². The van der Waals surface area contributed by atoms with E-state index in [4.69, 9.17) is 4.74 Å². The smallest absolute Gasteiger partial charge is 0.223 e. The molecule has 2 saturated heterocycles. The molecule has 1 aliphatic carbocycles. The van der Waals surface area contributed by atoms with E-state index in [-0.39, 0.29) is 11.2 Å². The summed E-state index contributed by atoms with van der Waals surface area (Å²) in [5.41, 5.74) is 2.16. The molecule has 1 aromatic heterocycles. The van der Waals surface area contributed by atoms with Gasteiger partial charge in [-0.15, -0.1) is 0 Å². The first-order chi connectivity index (χ1) is 13.2. The predicted molar refractivity (Wildman–Crippen MR) is 109 cm³/mol. The Morgan fingerprint density at radius 1 is 1.18 bits per heavy atom. The van der Waals surface area contributed by atoms with Crippen LogP contribution >= 0.6 is 0 Å². The lowest BCUT2D eigenvalue weighted by Gasteiger charge is -2.40. The number of hydrogen-bond acceptors (Lipinski definition) is 5. The number of hydrogen-bond donors (Lipinski definition) is 1. The third-order valence-electron chi connectivity index (χ3n) is 7.01. The van der Waals surface area contributed by atoms with Crippen molar-refractivity contribution in [3.05, 3.63) is 27.7 Å². The first-order valence-electron chi connectivity index (χ1n) is 10.6. The quantitative estimate of drug-likeness (QED) is 0.857. The van der Waals surface area contributed by atoms with Crippen LogP contribution in [0.15, 0.2) is 10.9 Å². The van der Waals surface area contributed by atoms with Crippen LogP contribution in [-0.4, -0.2) is 58.4 Å². The van der Waals surface area contributed by atoms with Gasteiger partial charge in [0, 0.05) is 57.6 Å². The summed E-state index contributed by atoms with van der Waals surface area (Å²) < 4.78 is 7.48. The molecule has 2 aliphatic heterocycles. The number of fused-ring (bicyclic) bond motifs is 2. The summed E-state index contributed by atoms with van der Waals surface area (Å²) in [6.07, 6.45) is 3.65. The van der Waals surface area contributed by atoms with Crippen LogP contribution in [0.5, 0.6) is 5.75 Å². The van der Waals surface area contributed by atoms with E-state index < -0.39 is 0 Å². The van der Waals surface area contributed by atoms with Gasteiger partial charge in [0.25, 0.3) is 0 Å². The normalized spacial score (nSPS) is 30.6. The van der Waals surface area contributed by atoms with Crippen LogP contribution in [0.25, 0.3) is 0 Å². The van der Waals surface area contributed by atoms with Gasteiger partial charge < -0.3 is 14.4 Å². The largest absolute Gasteiger partial charge is 0.503 e. The second-order valence-electron chi connectivity index (χ2n) is 10.4. The van der Waals surface area contributed by atoms with E-state index in [1.165, 1.54) is 19.3 Å². The molecule has 6 nitrogen and oxygen atoms in total. The van der Waals surface area contributed by atoms with Crippen LogP contribution < -0.4 is 5.43 Å². The summed E-state index contributed by atoms with van der Waals surface area (Å²) in [5, 5.41) is 10.6. The van der Waals surface area contributed by atoms with E-state index in [0.29, 0.717) is 23.4 Å². The Kier molecular flexibility index (Phi) is 5.09. The van der Waals surface area contributed by atoms with Crippen LogP contribution in [0.1, 0.15) is 51.4 Å². The number of morpholine rings is 1. The monoisotopic (exact) mass is 389 g/mol. The summed E-state index contributed by atoms with van der Waals surface area (Å²) in [6, 6.07) is 2.13. The van der Waals surface area contributed by atoms with E-state index >= 15 is 0 Å². The fourth-order valence-electron chi connectivity index (χ4n) is 6.07. The predicted octanol–water partition coefficient (Wildman–Crippen LogP) is 2.32. The molecule has 6 heteroatoms. The van der Waals surface area contributed by atoms with Gasteiger partial charge in [-0.2, -0.15) is 0 Å². The third kappa shape index (κ3) is 3.87. The molecule has 2 atom stereocenters. The lowest BCUT2D eigenvalue weighted by atomic mass is 9.65. The maximum atomic E-state index is 12.5. The van der Waals surface area contributed by atoms with Crippen molar-refractivity contribution in [2.24, 2.45) is 17.9 Å². The van der Waals surface area contributed by atoms with Gasteiger partial charge in [0.05, 0.1) is 18.9 Å². The minimum Gasteiger partial charge on any atom is -0.503 e. The molecule has 3 heterocycles. The second kappa shape index (κ2) is 7.15. The van der Waals surface area contributed by atoms with Gasteiger partial charge >= 0.3 is 0 Å². The van der Waals surface area contributed by atoms with Crippen LogP contribution in [-0.2, 0) is 24.9 Å². The van der Waals surface area contributed by atoms with Gasteiger partial charge in [0.2, 0.25) is 5.43 Å². The first-order valence-corrected chi connectivity index (χ1v) is 10.6. The Bertz CT molecular complexity index is 797. The fourth-order valence-corrected chi connectivity index (χ4v) is 6.07. The molecule has 4 rings (SSSR count). The van der Waals surface area contributed by atoms with Crippen molar-refractivity contribution in [3.8, 4) is 5.75 Å². The van der Waals surface area contributed by atoms with Crippen molar-refractivity contribution in [1.29, 1.82) is 0 Å². The molecule has 28 heavy (non-hydrogen) atoms. The van der Waals surface area contributed by atoms with Crippen LogP contribution in [0.2, 0.25) is 0 Å². The second-order valence-corrected chi connectivity index (χ2v) is 10.4. The zero-order chi connectivity index (χ0) is 20.1.